The van der Waals surface area contributed by atoms with E-state index in [-0.39, 0.29) is 0 Å². The SMILES string of the molecule is CC1CC(C)CN(c2oc(C3CCNCC3)nc2Cc2ccccc2)C1. The highest BCUT2D eigenvalue weighted by atomic mass is 16.4. The standard InChI is InChI=1S/C22H31N3O/c1-16-12-17(2)15-25(14-16)22-20(13-18-6-4-3-5-7-18)24-21(26-22)19-8-10-23-11-9-19/h3-7,16-17,19,23H,8-15H2,1-2H3. The molecule has 140 valence electrons. The Kier molecular flexibility index (Phi) is 5.30. The second kappa shape index (κ2) is 7.83. The number of benzene rings is 1. The van der Waals surface area contributed by atoms with E-state index in [0.717, 1.165) is 62.9 Å². The highest BCUT2D eigenvalue weighted by molar-refractivity contribution is 5.44. The highest BCUT2D eigenvalue weighted by Crippen LogP contribution is 2.34. The van der Waals surface area contributed by atoms with Gasteiger partial charge in [-0.05, 0) is 49.8 Å². The molecule has 0 saturated carbocycles. The van der Waals surface area contributed by atoms with E-state index >= 15 is 0 Å². The van der Waals surface area contributed by atoms with Crippen molar-refractivity contribution < 1.29 is 4.42 Å². The van der Waals surface area contributed by atoms with E-state index in [0.29, 0.717) is 17.8 Å². The Balaban J connectivity index is 1.64. The zero-order valence-electron chi connectivity index (χ0n) is 16.1. The van der Waals surface area contributed by atoms with Crippen LogP contribution in [0.4, 0.5) is 5.88 Å². The number of nitrogens with zero attached hydrogens (tertiary/aromatic N) is 2. The van der Waals surface area contributed by atoms with Crippen molar-refractivity contribution in [1.82, 2.24) is 10.3 Å². The number of piperidine rings is 2. The zero-order valence-corrected chi connectivity index (χ0v) is 16.1. The first-order chi connectivity index (χ1) is 12.7. The van der Waals surface area contributed by atoms with Crippen LogP contribution in [0.1, 0.15) is 56.2 Å². The van der Waals surface area contributed by atoms with E-state index in [9.17, 15) is 0 Å². The summed E-state index contributed by atoms with van der Waals surface area (Å²) in [5, 5.41) is 3.44. The molecule has 4 heteroatoms. The smallest absolute Gasteiger partial charge is 0.219 e. The minimum absolute atomic E-state index is 0.458. The van der Waals surface area contributed by atoms with Crippen molar-refractivity contribution in [3.63, 3.8) is 0 Å². The van der Waals surface area contributed by atoms with Gasteiger partial charge in [-0.3, -0.25) is 0 Å². The molecule has 0 amide bonds. The largest absolute Gasteiger partial charge is 0.425 e. The van der Waals surface area contributed by atoms with Gasteiger partial charge in [-0.25, -0.2) is 4.98 Å². The molecule has 2 atom stereocenters. The van der Waals surface area contributed by atoms with Crippen LogP contribution >= 0.6 is 0 Å². The van der Waals surface area contributed by atoms with Crippen molar-refractivity contribution in [3.05, 3.63) is 47.5 Å². The predicted molar refractivity (Wildman–Crippen MR) is 106 cm³/mol. The van der Waals surface area contributed by atoms with Crippen molar-refractivity contribution in [2.45, 2.75) is 45.4 Å². The molecule has 0 radical (unpaired) electrons. The molecule has 1 N–H and O–H groups in total. The molecular weight excluding hydrogens is 322 g/mol. The minimum Gasteiger partial charge on any atom is -0.425 e. The van der Waals surface area contributed by atoms with Gasteiger partial charge in [-0.2, -0.15) is 0 Å². The maximum absolute atomic E-state index is 6.45. The van der Waals surface area contributed by atoms with E-state index in [1.807, 2.05) is 0 Å². The molecule has 0 spiro atoms. The van der Waals surface area contributed by atoms with Crippen LogP contribution in [0.15, 0.2) is 34.7 Å². The lowest BCUT2D eigenvalue weighted by molar-refractivity contribution is 0.330. The van der Waals surface area contributed by atoms with Crippen LogP contribution in [0.5, 0.6) is 0 Å². The van der Waals surface area contributed by atoms with Gasteiger partial charge in [0.25, 0.3) is 0 Å². The number of rotatable bonds is 4. The third-order valence-corrected chi connectivity index (χ3v) is 5.75. The van der Waals surface area contributed by atoms with Gasteiger partial charge in [0, 0.05) is 25.4 Å². The summed E-state index contributed by atoms with van der Waals surface area (Å²) in [6.07, 6.45) is 4.40. The van der Waals surface area contributed by atoms with Gasteiger partial charge in [-0.1, -0.05) is 44.2 Å². The van der Waals surface area contributed by atoms with E-state index in [2.05, 4.69) is 54.4 Å². The van der Waals surface area contributed by atoms with Crippen LogP contribution < -0.4 is 10.2 Å². The van der Waals surface area contributed by atoms with Crippen LogP contribution in [-0.4, -0.2) is 31.2 Å². The normalized spacial score (nSPS) is 24.8. The molecule has 2 unspecified atom stereocenters. The van der Waals surface area contributed by atoms with E-state index in [1.165, 1.54) is 12.0 Å². The fourth-order valence-corrected chi connectivity index (χ4v) is 4.59. The summed E-state index contributed by atoms with van der Waals surface area (Å²) in [5.41, 5.74) is 2.42. The molecule has 4 nitrogen and oxygen atoms in total. The van der Waals surface area contributed by atoms with Crippen LogP contribution in [0.2, 0.25) is 0 Å². The van der Waals surface area contributed by atoms with Crippen molar-refractivity contribution in [3.8, 4) is 0 Å². The first-order valence-corrected chi connectivity index (χ1v) is 10.2. The lowest BCUT2D eigenvalue weighted by Crippen LogP contribution is -2.39. The molecule has 0 aliphatic carbocycles. The summed E-state index contributed by atoms with van der Waals surface area (Å²) in [4.78, 5) is 7.47. The summed E-state index contributed by atoms with van der Waals surface area (Å²) in [5.74, 6) is 3.85. The second-order valence-electron chi connectivity index (χ2n) is 8.34. The number of hydrogen-bond acceptors (Lipinski definition) is 4. The van der Waals surface area contributed by atoms with Crippen LogP contribution in [0.3, 0.4) is 0 Å². The average molecular weight is 354 g/mol. The number of anilines is 1. The predicted octanol–water partition coefficient (Wildman–Crippen LogP) is 4.21. The number of hydrogen-bond donors (Lipinski definition) is 1. The Morgan fingerprint density at radius 1 is 1.08 bits per heavy atom. The van der Waals surface area contributed by atoms with Crippen molar-refractivity contribution in [1.29, 1.82) is 0 Å². The van der Waals surface area contributed by atoms with E-state index in [1.54, 1.807) is 0 Å². The van der Waals surface area contributed by atoms with Gasteiger partial charge in [0.15, 0.2) is 5.89 Å². The number of aromatic nitrogens is 1. The molecule has 2 fully saturated rings. The molecule has 2 aliphatic heterocycles. The third-order valence-electron chi connectivity index (χ3n) is 5.75. The second-order valence-corrected chi connectivity index (χ2v) is 8.34. The maximum atomic E-state index is 6.45. The summed E-state index contributed by atoms with van der Waals surface area (Å²) in [6.45, 7) is 8.98. The summed E-state index contributed by atoms with van der Waals surface area (Å²) >= 11 is 0. The van der Waals surface area contributed by atoms with E-state index < -0.39 is 0 Å². The fraction of sp³-hybridized carbons (Fsp3) is 0.591. The maximum Gasteiger partial charge on any atom is 0.219 e. The molecule has 2 saturated heterocycles. The van der Waals surface area contributed by atoms with Crippen molar-refractivity contribution in [2.75, 3.05) is 31.1 Å². The first kappa shape index (κ1) is 17.6. The molecule has 1 aromatic heterocycles. The first-order valence-electron chi connectivity index (χ1n) is 10.2. The molecule has 2 aliphatic rings. The lowest BCUT2D eigenvalue weighted by atomic mass is 9.92. The van der Waals surface area contributed by atoms with Crippen molar-refractivity contribution >= 4 is 5.88 Å². The summed E-state index contributed by atoms with van der Waals surface area (Å²) in [7, 11) is 0. The molecule has 3 heterocycles. The monoisotopic (exact) mass is 353 g/mol. The van der Waals surface area contributed by atoms with Crippen LogP contribution in [-0.2, 0) is 6.42 Å². The molecule has 0 bridgehead atoms. The lowest BCUT2D eigenvalue weighted by Gasteiger charge is -2.35. The Hall–Kier alpha value is -1.81. The Labute approximate surface area is 157 Å². The third kappa shape index (κ3) is 3.96. The van der Waals surface area contributed by atoms with Crippen molar-refractivity contribution in [2.24, 2.45) is 11.8 Å². The van der Waals surface area contributed by atoms with E-state index in [4.69, 9.17) is 9.40 Å². The Bertz CT molecular complexity index is 695. The van der Waals surface area contributed by atoms with Crippen LogP contribution in [0, 0.1) is 11.8 Å². The van der Waals surface area contributed by atoms with Crippen LogP contribution in [0.25, 0.3) is 0 Å². The summed E-state index contributed by atoms with van der Waals surface area (Å²) < 4.78 is 6.45. The van der Waals surface area contributed by atoms with Gasteiger partial charge in [0.1, 0.15) is 5.69 Å². The van der Waals surface area contributed by atoms with Gasteiger partial charge < -0.3 is 14.6 Å². The minimum atomic E-state index is 0.458. The average Bonchev–Trinajstić information content (AvgIpc) is 3.06. The zero-order chi connectivity index (χ0) is 17.9. The van der Waals surface area contributed by atoms with Gasteiger partial charge in [0.2, 0.25) is 5.88 Å². The molecule has 2 aromatic rings. The molecule has 1 aromatic carbocycles. The fourth-order valence-electron chi connectivity index (χ4n) is 4.59. The molecule has 4 rings (SSSR count). The number of nitrogens with one attached hydrogen (secondary N) is 1. The molecular formula is C22H31N3O. The summed E-state index contributed by atoms with van der Waals surface area (Å²) in [6, 6.07) is 10.7. The Morgan fingerprint density at radius 2 is 1.77 bits per heavy atom. The molecule has 26 heavy (non-hydrogen) atoms. The topological polar surface area (TPSA) is 41.3 Å². The highest BCUT2D eigenvalue weighted by Gasteiger charge is 2.29. The van der Waals surface area contributed by atoms with Gasteiger partial charge in [0.05, 0.1) is 0 Å². The van der Waals surface area contributed by atoms with Gasteiger partial charge in [-0.15, -0.1) is 0 Å². The number of oxazole rings is 1. The Morgan fingerprint density at radius 3 is 2.46 bits per heavy atom. The van der Waals surface area contributed by atoms with Gasteiger partial charge >= 0.3 is 0 Å². The quantitative estimate of drug-likeness (QED) is 0.894.